The minimum Gasteiger partial charge on any atom is -0.373 e. The van der Waals surface area contributed by atoms with Crippen molar-refractivity contribution >= 4 is 22.2 Å². The van der Waals surface area contributed by atoms with Crippen LogP contribution in [-0.4, -0.2) is 11.4 Å². The molecule has 2 aromatic carbocycles. The first-order valence-corrected chi connectivity index (χ1v) is 7.32. The van der Waals surface area contributed by atoms with E-state index in [4.69, 9.17) is 0 Å². The van der Waals surface area contributed by atoms with Crippen LogP contribution in [-0.2, 0) is 10.4 Å². The fourth-order valence-corrected chi connectivity index (χ4v) is 3.06. The van der Waals surface area contributed by atoms with Gasteiger partial charge in [-0.1, -0.05) is 72.2 Å². The minimum absolute atomic E-state index is 0.375. The largest absolute Gasteiger partial charge is 0.373 e. The lowest BCUT2D eigenvalue weighted by atomic mass is 9.86. The molecule has 0 spiro atoms. The van der Waals surface area contributed by atoms with Gasteiger partial charge < -0.3 is 5.11 Å². The number of hydrogen-bond acceptors (Lipinski definition) is 2. The number of carbonyl (C=O) groups is 1. The summed E-state index contributed by atoms with van der Waals surface area (Å²) in [6.45, 7) is 4.20. The average molecular weight is 333 g/mol. The maximum Gasteiger partial charge on any atom is 0.170 e. The van der Waals surface area contributed by atoms with Crippen LogP contribution in [0.1, 0.15) is 36.5 Å². The lowest BCUT2D eigenvalue weighted by molar-refractivity contribution is -0.121. The van der Waals surface area contributed by atoms with Crippen molar-refractivity contribution in [1.82, 2.24) is 0 Å². The van der Waals surface area contributed by atoms with E-state index in [9.17, 15) is 9.90 Å². The quantitative estimate of drug-likeness (QED) is 0.859. The van der Waals surface area contributed by atoms with Crippen molar-refractivity contribution in [3.8, 4) is 0 Å². The third kappa shape index (κ3) is 2.69. The molecule has 0 heterocycles. The highest BCUT2D eigenvalue weighted by Crippen LogP contribution is 2.32. The Labute approximate surface area is 127 Å². The molecule has 0 amide bonds. The third-order valence-corrected chi connectivity index (χ3v) is 4.13. The summed E-state index contributed by atoms with van der Waals surface area (Å²) in [4.78, 5) is 11.5. The van der Waals surface area contributed by atoms with E-state index in [2.05, 4.69) is 29.8 Å². The Hall–Kier alpha value is -1.45. The normalized spacial score (nSPS) is 14.1. The molecule has 0 fully saturated rings. The van der Waals surface area contributed by atoms with Crippen molar-refractivity contribution in [2.24, 2.45) is 0 Å². The third-order valence-electron chi connectivity index (χ3n) is 3.45. The lowest BCUT2D eigenvalue weighted by Gasteiger charge is -2.24. The molecule has 0 aromatic heterocycles. The Morgan fingerprint density at radius 1 is 1.10 bits per heavy atom. The predicted molar refractivity (Wildman–Crippen MR) is 83.7 cm³/mol. The number of carbonyl (C=O) groups excluding carboxylic acids is 1. The van der Waals surface area contributed by atoms with Gasteiger partial charge in [-0.05, 0) is 28.7 Å². The second-order valence-electron chi connectivity index (χ2n) is 5.14. The molecule has 0 radical (unpaired) electrons. The smallest absolute Gasteiger partial charge is 0.170 e. The molecule has 1 unspecified atom stereocenters. The first-order chi connectivity index (χ1) is 9.49. The first kappa shape index (κ1) is 14.9. The molecule has 20 heavy (non-hydrogen) atoms. The lowest BCUT2D eigenvalue weighted by Crippen LogP contribution is -2.29. The summed E-state index contributed by atoms with van der Waals surface area (Å²) in [5.74, 6) is 0.375. The van der Waals surface area contributed by atoms with Crippen LogP contribution in [0, 0.1) is 0 Å². The SMILES string of the molecule is CC(C)c1ccc(C(O)(C=O)c2ccccc2)cc1Br. The molecule has 3 heteroatoms. The van der Waals surface area contributed by atoms with Crippen molar-refractivity contribution in [2.75, 3.05) is 0 Å². The number of benzene rings is 2. The van der Waals surface area contributed by atoms with E-state index in [1.165, 1.54) is 0 Å². The van der Waals surface area contributed by atoms with Crippen LogP contribution >= 0.6 is 15.9 Å². The minimum atomic E-state index is -1.61. The Balaban J connectivity index is 2.53. The Kier molecular flexibility index (Phi) is 4.41. The molecule has 1 atom stereocenters. The first-order valence-electron chi connectivity index (χ1n) is 6.53. The van der Waals surface area contributed by atoms with Crippen LogP contribution in [0.5, 0.6) is 0 Å². The number of hydrogen-bond donors (Lipinski definition) is 1. The molecule has 0 bridgehead atoms. The summed E-state index contributed by atoms with van der Waals surface area (Å²) in [5.41, 5.74) is 0.670. The fraction of sp³-hybridized carbons (Fsp3) is 0.235. The van der Waals surface area contributed by atoms with Gasteiger partial charge in [-0.25, -0.2) is 0 Å². The zero-order valence-electron chi connectivity index (χ0n) is 11.5. The Morgan fingerprint density at radius 2 is 1.75 bits per heavy atom. The molecular formula is C17H17BrO2. The molecular weight excluding hydrogens is 316 g/mol. The molecule has 104 valence electrons. The van der Waals surface area contributed by atoms with Crippen molar-refractivity contribution in [1.29, 1.82) is 0 Å². The van der Waals surface area contributed by atoms with Crippen LogP contribution < -0.4 is 0 Å². The second kappa shape index (κ2) is 5.90. The van der Waals surface area contributed by atoms with E-state index in [-0.39, 0.29) is 0 Å². The van der Waals surface area contributed by atoms with Gasteiger partial charge in [0, 0.05) is 4.47 Å². The zero-order valence-corrected chi connectivity index (χ0v) is 13.1. The van der Waals surface area contributed by atoms with Crippen LogP contribution in [0.3, 0.4) is 0 Å². The number of aliphatic hydroxyl groups is 1. The fourth-order valence-electron chi connectivity index (χ4n) is 2.23. The summed E-state index contributed by atoms with van der Waals surface area (Å²) < 4.78 is 0.904. The second-order valence-corrected chi connectivity index (χ2v) is 6.00. The average Bonchev–Trinajstić information content (AvgIpc) is 2.46. The zero-order chi connectivity index (χ0) is 14.8. The van der Waals surface area contributed by atoms with Gasteiger partial charge in [0.25, 0.3) is 0 Å². The van der Waals surface area contributed by atoms with Gasteiger partial charge in [0.1, 0.15) is 0 Å². The van der Waals surface area contributed by atoms with Gasteiger partial charge >= 0.3 is 0 Å². The van der Waals surface area contributed by atoms with E-state index in [1.54, 1.807) is 24.3 Å². The molecule has 1 N–H and O–H groups in total. The van der Waals surface area contributed by atoms with E-state index >= 15 is 0 Å². The molecule has 2 nitrogen and oxygen atoms in total. The van der Waals surface area contributed by atoms with Crippen molar-refractivity contribution in [2.45, 2.75) is 25.4 Å². The van der Waals surface area contributed by atoms with Gasteiger partial charge in [0.05, 0.1) is 0 Å². The Morgan fingerprint density at radius 3 is 2.25 bits per heavy atom. The van der Waals surface area contributed by atoms with Crippen LogP contribution in [0.2, 0.25) is 0 Å². The van der Waals surface area contributed by atoms with Gasteiger partial charge in [-0.15, -0.1) is 0 Å². The van der Waals surface area contributed by atoms with Crippen molar-refractivity contribution in [3.05, 3.63) is 69.7 Å². The highest BCUT2D eigenvalue weighted by Gasteiger charge is 2.31. The monoisotopic (exact) mass is 332 g/mol. The van der Waals surface area contributed by atoms with Crippen molar-refractivity contribution in [3.63, 3.8) is 0 Å². The predicted octanol–water partition coefficient (Wildman–Crippen LogP) is 4.01. The van der Waals surface area contributed by atoms with Gasteiger partial charge in [-0.3, -0.25) is 4.79 Å². The molecule has 0 saturated carbocycles. The highest BCUT2D eigenvalue weighted by molar-refractivity contribution is 9.10. The van der Waals surface area contributed by atoms with E-state index in [1.807, 2.05) is 24.3 Å². The molecule has 0 aliphatic carbocycles. The van der Waals surface area contributed by atoms with E-state index in [0.29, 0.717) is 23.3 Å². The molecule has 2 aromatic rings. The molecule has 2 rings (SSSR count). The maximum atomic E-state index is 11.5. The number of rotatable bonds is 4. The summed E-state index contributed by atoms with van der Waals surface area (Å²) >= 11 is 3.51. The molecule has 0 aliphatic heterocycles. The standard InChI is InChI=1S/C17H17BrO2/c1-12(2)15-9-8-14(10-16(15)18)17(20,11-19)13-6-4-3-5-7-13/h3-12,20H,1-2H3. The Bertz CT molecular complexity index is 608. The van der Waals surface area contributed by atoms with Crippen LogP contribution in [0.15, 0.2) is 53.0 Å². The summed E-state index contributed by atoms with van der Waals surface area (Å²) in [5, 5.41) is 10.7. The van der Waals surface area contributed by atoms with Gasteiger partial charge in [-0.2, -0.15) is 0 Å². The number of aldehydes is 1. The molecule has 0 aliphatic rings. The maximum absolute atomic E-state index is 11.5. The van der Waals surface area contributed by atoms with Crippen molar-refractivity contribution < 1.29 is 9.90 Å². The van der Waals surface area contributed by atoms with E-state index < -0.39 is 5.60 Å². The van der Waals surface area contributed by atoms with Crippen LogP contribution in [0.25, 0.3) is 0 Å². The topological polar surface area (TPSA) is 37.3 Å². The molecule has 0 saturated heterocycles. The van der Waals surface area contributed by atoms with E-state index in [0.717, 1.165) is 10.0 Å². The van der Waals surface area contributed by atoms with Gasteiger partial charge in [0.15, 0.2) is 11.9 Å². The highest BCUT2D eigenvalue weighted by atomic mass is 79.9. The van der Waals surface area contributed by atoms with Crippen LogP contribution in [0.4, 0.5) is 0 Å². The summed E-state index contributed by atoms with van der Waals surface area (Å²) in [6.07, 6.45) is 0.582. The number of halogens is 1. The summed E-state index contributed by atoms with van der Waals surface area (Å²) in [7, 11) is 0. The van der Waals surface area contributed by atoms with Gasteiger partial charge in [0.2, 0.25) is 0 Å². The summed E-state index contributed by atoms with van der Waals surface area (Å²) in [6, 6.07) is 14.5.